The van der Waals surface area contributed by atoms with E-state index in [0.29, 0.717) is 5.75 Å². The zero-order valence-corrected chi connectivity index (χ0v) is 14.2. The molecule has 6 nitrogen and oxygen atoms in total. The third kappa shape index (κ3) is 5.36. The summed E-state index contributed by atoms with van der Waals surface area (Å²) in [5.74, 6) is -2.18. The molecule has 25 heavy (non-hydrogen) atoms. The van der Waals surface area contributed by atoms with Gasteiger partial charge in [0.1, 0.15) is 0 Å². The largest absolute Gasteiger partial charge is 0.478 e. The minimum Gasteiger partial charge on any atom is -0.478 e. The predicted molar refractivity (Wildman–Crippen MR) is 96.2 cm³/mol. The number of carbonyl (C=O) groups excluding carboxylic acids is 1. The first-order valence-corrected chi connectivity index (χ1v) is 8.50. The smallest absolute Gasteiger partial charge is 0.335 e. The minimum absolute atomic E-state index is 0.148. The van der Waals surface area contributed by atoms with Crippen molar-refractivity contribution in [3.63, 3.8) is 0 Å². The lowest BCUT2D eigenvalue weighted by atomic mass is 10.1. The molecule has 0 fully saturated rings. The van der Waals surface area contributed by atoms with Crippen LogP contribution in [0.1, 0.15) is 33.2 Å². The lowest BCUT2D eigenvalue weighted by molar-refractivity contribution is -0.115. The Hall–Kier alpha value is -2.80. The summed E-state index contributed by atoms with van der Waals surface area (Å²) >= 11 is 1.43. The van der Waals surface area contributed by atoms with Crippen LogP contribution in [0.5, 0.6) is 0 Å². The first-order chi connectivity index (χ1) is 11.9. The number of thioether (sulfide) groups is 1. The number of carboxylic acids is 2. The molecule has 0 unspecified atom stereocenters. The fraction of sp³-hybridized carbons (Fsp3) is 0.167. The molecule has 2 aromatic rings. The van der Waals surface area contributed by atoms with Crippen LogP contribution in [0.3, 0.4) is 0 Å². The van der Waals surface area contributed by atoms with Gasteiger partial charge < -0.3 is 15.5 Å². The number of carboxylic acid groups (broad SMARTS) is 2. The van der Waals surface area contributed by atoms with Gasteiger partial charge in [-0.15, -0.1) is 11.8 Å². The highest BCUT2D eigenvalue weighted by Gasteiger charge is 2.16. The van der Waals surface area contributed by atoms with Crippen molar-refractivity contribution in [2.24, 2.45) is 0 Å². The molecular formula is C18H17NO5S. The Labute approximate surface area is 148 Å². The molecule has 3 N–H and O–H groups in total. The van der Waals surface area contributed by atoms with Crippen LogP contribution >= 0.6 is 11.8 Å². The Morgan fingerprint density at radius 1 is 1.00 bits per heavy atom. The predicted octanol–water partition coefficient (Wildman–Crippen LogP) is 3.34. The van der Waals surface area contributed by atoms with Gasteiger partial charge in [0, 0.05) is 11.4 Å². The van der Waals surface area contributed by atoms with E-state index < -0.39 is 11.9 Å². The van der Waals surface area contributed by atoms with Crippen LogP contribution in [-0.2, 0) is 10.5 Å². The van der Waals surface area contributed by atoms with Gasteiger partial charge in [0.2, 0.25) is 5.91 Å². The fourth-order valence-corrected chi connectivity index (χ4v) is 2.91. The van der Waals surface area contributed by atoms with Crippen molar-refractivity contribution >= 4 is 35.3 Å². The summed E-state index contributed by atoms with van der Waals surface area (Å²) in [4.78, 5) is 34.5. The Morgan fingerprint density at radius 3 is 2.08 bits per heavy atom. The van der Waals surface area contributed by atoms with Crippen molar-refractivity contribution in [3.8, 4) is 0 Å². The van der Waals surface area contributed by atoms with Crippen molar-refractivity contribution in [3.05, 3.63) is 65.2 Å². The molecule has 130 valence electrons. The van der Waals surface area contributed by atoms with Crippen molar-refractivity contribution < 1.29 is 24.6 Å². The van der Waals surface area contributed by atoms with Gasteiger partial charge in [-0.05, 0) is 30.7 Å². The van der Waals surface area contributed by atoms with Gasteiger partial charge in [0.15, 0.2) is 0 Å². The standard InChI is InChI=1S/C18H17NO5S/c1-11(25-10-12-5-3-2-4-6-12)16(20)19-15-8-13(17(21)22)7-14(9-15)18(23)24/h2-9,11H,10H2,1H3,(H,19,20)(H,21,22)(H,23,24)/t11-/m0/s1. The first kappa shape index (κ1) is 18.5. The monoisotopic (exact) mass is 359 g/mol. The number of rotatable bonds is 7. The molecule has 2 aromatic carbocycles. The number of nitrogens with one attached hydrogen (secondary N) is 1. The molecule has 1 amide bonds. The molecular weight excluding hydrogens is 342 g/mol. The van der Waals surface area contributed by atoms with Gasteiger partial charge in [-0.25, -0.2) is 9.59 Å². The number of anilines is 1. The number of hydrogen-bond donors (Lipinski definition) is 3. The van der Waals surface area contributed by atoms with Crippen molar-refractivity contribution in [1.82, 2.24) is 0 Å². The van der Waals surface area contributed by atoms with Crippen LogP contribution in [-0.4, -0.2) is 33.3 Å². The van der Waals surface area contributed by atoms with Gasteiger partial charge in [-0.2, -0.15) is 0 Å². The van der Waals surface area contributed by atoms with E-state index >= 15 is 0 Å². The van der Waals surface area contributed by atoms with Crippen LogP contribution < -0.4 is 5.32 Å². The van der Waals surface area contributed by atoms with Crippen molar-refractivity contribution in [2.75, 3.05) is 5.32 Å². The summed E-state index contributed by atoms with van der Waals surface area (Å²) < 4.78 is 0. The van der Waals surface area contributed by atoms with Crippen LogP contribution in [0.15, 0.2) is 48.5 Å². The number of benzene rings is 2. The highest BCUT2D eigenvalue weighted by Crippen LogP contribution is 2.21. The third-order valence-electron chi connectivity index (χ3n) is 3.41. The highest BCUT2D eigenvalue weighted by molar-refractivity contribution is 7.99. The molecule has 0 aliphatic carbocycles. The lowest BCUT2D eigenvalue weighted by Crippen LogP contribution is -2.23. The van der Waals surface area contributed by atoms with E-state index in [0.717, 1.165) is 11.6 Å². The van der Waals surface area contributed by atoms with Gasteiger partial charge >= 0.3 is 11.9 Å². The number of amides is 1. The average molecular weight is 359 g/mol. The summed E-state index contributed by atoms with van der Waals surface area (Å²) in [6.45, 7) is 1.74. The van der Waals surface area contributed by atoms with Gasteiger partial charge in [-0.3, -0.25) is 4.79 Å². The third-order valence-corrected chi connectivity index (χ3v) is 4.62. The fourth-order valence-electron chi connectivity index (χ4n) is 2.06. The highest BCUT2D eigenvalue weighted by atomic mass is 32.2. The van der Waals surface area contributed by atoms with Gasteiger partial charge in [-0.1, -0.05) is 30.3 Å². The topological polar surface area (TPSA) is 104 Å². The van der Waals surface area contributed by atoms with Crippen LogP contribution in [0, 0.1) is 0 Å². The van der Waals surface area contributed by atoms with Gasteiger partial charge in [0.05, 0.1) is 16.4 Å². The SMILES string of the molecule is C[C@H](SCc1ccccc1)C(=O)Nc1cc(C(=O)O)cc(C(=O)O)c1. The number of aromatic carboxylic acids is 2. The molecule has 0 aliphatic heterocycles. The van der Waals surface area contributed by atoms with E-state index in [4.69, 9.17) is 10.2 Å². The van der Waals surface area contributed by atoms with Crippen LogP contribution in [0.2, 0.25) is 0 Å². The second kappa shape index (κ2) is 8.34. The molecule has 0 saturated carbocycles. The van der Waals surface area contributed by atoms with Gasteiger partial charge in [0.25, 0.3) is 0 Å². The molecule has 0 bridgehead atoms. The second-order valence-electron chi connectivity index (χ2n) is 5.34. The Bertz CT molecular complexity index is 759. The van der Waals surface area contributed by atoms with Crippen LogP contribution in [0.4, 0.5) is 5.69 Å². The number of carbonyl (C=O) groups is 3. The first-order valence-electron chi connectivity index (χ1n) is 7.45. The maximum absolute atomic E-state index is 12.3. The zero-order chi connectivity index (χ0) is 18.4. The lowest BCUT2D eigenvalue weighted by Gasteiger charge is -2.13. The zero-order valence-electron chi connectivity index (χ0n) is 13.4. The quantitative estimate of drug-likeness (QED) is 0.700. The molecule has 0 radical (unpaired) electrons. The summed E-state index contributed by atoms with van der Waals surface area (Å²) in [5, 5.41) is 20.3. The van der Waals surface area contributed by atoms with E-state index in [2.05, 4.69) is 5.32 Å². The van der Waals surface area contributed by atoms with Crippen molar-refractivity contribution in [1.29, 1.82) is 0 Å². The van der Waals surface area contributed by atoms with E-state index in [1.165, 1.54) is 23.9 Å². The molecule has 0 aromatic heterocycles. The Kier molecular flexibility index (Phi) is 6.19. The molecule has 0 spiro atoms. The summed E-state index contributed by atoms with van der Waals surface area (Å²) in [6, 6.07) is 13.2. The summed E-state index contributed by atoms with van der Waals surface area (Å²) in [5.41, 5.74) is 0.849. The van der Waals surface area contributed by atoms with E-state index in [1.807, 2.05) is 30.3 Å². The van der Waals surface area contributed by atoms with E-state index in [1.54, 1.807) is 6.92 Å². The van der Waals surface area contributed by atoms with E-state index in [9.17, 15) is 14.4 Å². The number of hydrogen-bond acceptors (Lipinski definition) is 4. The van der Waals surface area contributed by atoms with E-state index in [-0.39, 0.29) is 28.0 Å². The van der Waals surface area contributed by atoms with Crippen LogP contribution in [0.25, 0.3) is 0 Å². The summed E-state index contributed by atoms with van der Waals surface area (Å²) in [7, 11) is 0. The molecule has 2 rings (SSSR count). The summed E-state index contributed by atoms with van der Waals surface area (Å²) in [6.07, 6.45) is 0. The molecule has 0 heterocycles. The second-order valence-corrected chi connectivity index (χ2v) is 6.67. The minimum atomic E-state index is -1.26. The van der Waals surface area contributed by atoms with Crippen molar-refractivity contribution in [2.45, 2.75) is 17.9 Å². The molecule has 0 aliphatic rings. The Balaban J connectivity index is 2.06. The maximum Gasteiger partial charge on any atom is 0.335 e. The molecule has 7 heteroatoms. The Morgan fingerprint density at radius 2 is 1.56 bits per heavy atom. The molecule has 1 atom stereocenters. The average Bonchev–Trinajstić information content (AvgIpc) is 2.60. The normalized spacial score (nSPS) is 11.6. The maximum atomic E-state index is 12.3. The molecule has 0 saturated heterocycles.